The average molecular weight is 377 g/mol. The number of carbonyl (C=O) groups is 2. The first-order chi connectivity index (χ1) is 13.7. The summed E-state index contributed by atoms with van der Waals surface area (Å²) in [6, 6.07) is 13.6. The molecule has 3 aromatic rings. The molecule has 0 saturated heterocycles. The van der Waals surface area contributed by atoms with Crippen LogP contribution in [0.15, 0.2) is 77.3 Å². The first-order valence-electron chi connectivity index (χ1n) is 8.66. The SMILES string of the molecule is CCOc1ccc(NC(=O)C(=Cc2cccnc2)NC(=O)c2ccco2)cc1. The molecule has 0 spiro atoms. The van der Waals surface area contributed by atoms with Gasteiger partial charge in [0.05, 0.1) is 12.9 Å². The summed E-state index contributed by atoms with van der Waals surface area (Å²) in [6.45, 7) is 2.45. The monoisotopic (exact) mass is 377 g/mol. The van der Waals surface area contributed by atoms with Gasteiger partial charge in [-0.3, -0.25) is 14.6 Å². The number of benzene rings is 1. The lowest BCUT2D eigenvalue weighted by molar-refractivity contribution is -0.113. The third kappa shape index (κ3) is 5.07. The molecule has 0 saturated carbocycles. The number of anilines is 1. The fourth-order valence-corrected chi connectivity index (χ4v) is 2.38. The van der Waals surface area contributed by atoms with Gasteiger partial charge in [-0.05, 0) is 61.0 Å². The molecule has 0 atom stereocenters. The molecular formula is C21H19N3O4. The van der Waals surface area contributed by atoms with Crippen molar-refractivity contribution in [2.75, 3.05) is 11.9 Å². The van der Waals surface area contributed by atoms with E-state index in [9.17, 15) is 9.59 Å². The van der Waals surface area contributed by atoms with Gasteiger partial charge in [0.15, 0.2) is 5.76 Å². The Hall–Kier alpha value is -3.87. The highest BCUT2D eigenvalue weighted by atomic mass is 16.5. The van der Waals surface area contributed by atoms with E-state index in [0.29, 0.717) is 23.6 Å². The molecule has 0 aliphatic rings. The molecule has 2 amide bonds. The summed E-state index contributed by atoms with van der Waals surface area (Å²) in [7, 11) is 0. The molecule has 2 heterocycles. The van der Waals surface area contributed by atoms with Crippen LogP contribution in [0.1, 0.15) is 23.0 Å². The summed E-state index contributed by atoms with van der Waals surface area (Å²) in [5.41, 5.74) is 1.29. The van der Waals surface area contributed by atoms with Crippen molar-refractivity contribution in [3.05, 3.63) is 84.2 Å². The van der Waals surface area contributed by atoms with Crippen LogP contribution in [0, 0.1) is 0 Å². The fraction of sp³-hybridized carbons (Fsp3) is 0.0952. The normalized spacial score (nSPS) is 11.0. The third-order valence-electron chi connectivity index (χ3n) is 3.66. The Balaban J connectivity index is 1.80. The molecular weight excluding hydrogens is 358 g/mol. The standard InChI is InChI=1S/C21H19N3O4/c1-2-27-17-9-7-16(8-10-17)23-20(25)18(13-15-5-3-11-22-14-15)24-21(26)19-6-4-12-28-19/h3-14H,2H2,1H3,(H,23,25)(H,24,26). The summed E-state index contributed by atoms with van der Waals surface area (Å²) < 4.78 is 10.5. The lowest BCUT2D eigenvalue weighted by atomic mass is 10.2. The van der Waals surface area contributed by atoms with Gasteiger partial charge in [-0.2, -0.15) is 0 Å². The molecule has 0 bridgehead atoms. The van der Waals surface area contributed by atoms with Crippen LogP contribution in [0.5, 0.6) is 5.75 Å². The van der Waals surface area contributed by atoms with E-state index in [1.165, 1.54) is 18.4 Å². The number of aromatic nitrogens is 1. The zero-order valence-electron chi connectivity index (χ0n) is 15.2. The van der Waals surface area contributed by atoms with Gasteiger partial charge in [0, 0.05) is 18.1 Å². The van der Waals surface area contributed by atoms with E-state index in [1.54, 1.807) is 54.9 Å². The number of ether oxygens (including phenoxy) is 1. The van der Waals surface area contributed by atoms with Crippen LogP contribution in [0.3, 0.4) is 0 Å². The second-order valence-corrected chi connectivity index (χ2v) is 5.69. The highest BCUT2D eigenvalue weighted by Gasteiger charge is 2.16. The van der Waals surface area contributed by atoms with E-state index in [2.05, 4.69) is 15.6 Å². The number of amides is 2. The Morgan fingerprint density at radius 1 is 1.14 bits per heavy atom. The Bertz CT molecular complexity index is 949. The van der Waals surface area contributed by atoms with Gasteiger partial charge in [0.25, 0.3) is 11.8 Å². The van der Waals surface area contributed by atoms with E-state index < -0.39 is 11.8 Å². The average Bonchev–Trinajstić information content (AvgIpc) is 3.25. The molecule has 7 heteroatoms. The smallest absolute Gasteiger partial charge is 0.291 e. The molecule has 0 fully saturated rings. The van der Waals surface area contributed by atoms with Crippen LogP contribution in [0.2, 0.25) is 0 Å². The lowest BCUT2D eigenvalue weighted by Gasteiger charge is -2.11. The highest BCUT2D eigenvalue weighted by molar-refractivity contribution is 6.10. The van der Waals surface area contributed by atoms with Crippen molar-refractivity contribution in [2.24, 2.45) is 0 Å². The minimum absolute atomic E-state index is 0.0586. The van der Waals surface area contributed by atoms with Crippen LogP contribution < -0.4 is 15.4 Å². The van der Waals surface area contributed by atoms with Gasteiger partial charge in [-0.25, -0.2) is 0 Å². The number of carbonyl (C=O) groups excluding carboxylic acids is 2. The van der Waals surface area contributed by atoms with Crippen LogP contribution in [-0.4, -0.2) is 23.4 Å². The van der Waals surface area contributed by atoms with Crippen LogP contribution in [-0.2, 0) is 4.79 Å². The number of furan rings is 1. The Labute approximate surface area is 162 Å². The number of nitrogens with one attached hydrogen (secondary N) is 2. The molecule has 28 heavy (non-hydrogen) atoms. The predicted molar refractivity (Wildman–Crippen MR) is 105 cm³/mol. The minimum Gasteiger partial charge on any atom is -0.494 e. The fourth-order valence-electron chi connectivity index (χ4n) is 2.38. The van der Waals surface area contributed by atoms with E-state index in [-0.39, 0.29) is 11.5 Å². The molecule has 142 valence electrons. The van der Waals surface area contributed by atoms with Crippen molar-refractivity contribution in [1.82, 2.24) is 10.3 Å². The molecule has 2 aromatic heterocycles. The Morgan fingerprint density at radius 2 is 1.96 bits per heavy atom. The van der Waals surface area contributed by atoms with Crippen LogP contribution >= 0.6 is 0 Å². The van der Waals surface area contributed by atoms with Crippen molar-refractivity contribution >= 4 is 23.6 Å². The predicted octanol–water partition coefficient (Wildman–Crippen LogP) is 3.48. The summed E-state index contributed by atoms with van der Waals surface area (Å²) in [5.74, 6) is -0.196. The maximum Gasteiger partial charge on any atom is 0.291 e. The Kier molecular flexibility index (Phi) is 6.20. The van der Waals surface area contributed by atoms with Gasteiger partial charge in [0.1, 0.15) is 11.4 Å². The topological polar surface area (TPSA) is 93.5 Å². The summed E-state index contributed by atoms with van der Waals surface area (Å²) in [4.78, 5) is 29.1. The second kappa shape index (κ2) is 9.18. The zero-order chi connectivity index (χ0) is 19.8. The number of nitrogens with zero attached hydrogens (tertiary/aromatic N) is 1. The van der Waals surface area contributed by atoms with Gasteiger partial charge >= 0.3 is 0 Å². The summed E-state index contributed by atoms with van der Waals surface area (Å²) in [5, 5.41) is 5.34. The van der Waals surface area contributed by atoms with Crippen molar-refractivity contribution in [3.8, 4) is 5.75 Å². The van der Waals surface area contributed by atoms with Crippen molar-refractivity contribution in [1.29, 1.82) is 0 Å². The number of rotatable bonds is 7. The minimum atomic E-state index is -0.526. The van der Waals surface area contributed by atoms with Crippen LogP contribution in [0.4, 0.5) is 5.69 Å². The third-order valence-corrected chi connectivity index (χ3v) is 3.66. The second-order valence-electron chi connectivity index (χ2n) is 5.69. The zero-order valence-corrected chi connectivity index (χ0v) is 15.2. The van der Waals surface area contributed by atoms with Gasteiger partial charge < -0.3 is 19.8 Å². The van der Waals surface area contributed by atoms with E-state index >= 15 is 0 Å². The molecule has 1 aromatic carbocycles. The quantitative estimate of drug-likeness (QED) is 0.615. The lowest BCUT2D eigenvalue weighted by Crippen LogP contribution is -2.30. The highest BCUT2D eigenvalue weighted by Crippen LogP contribution is 2.16. The number of hydrogen-bond acceptors (Lipinski definition) is 5. The molecule has 0 aliphatic heterocycles. The molecule has 0 radical (unpaired) electrons. The summed E-state index contributed by atoms with van der Waals surface area (Å²) in [6.07, 6.45) is 6.14. The van der Waals surface area contributed by atoms with Crippen molar-refractivity contribution in [3.63, 3.8) is 0 Å². The summed E-state index contributed by atoms with van der Waals surface area (Å²) >= 11 is 0. The van der Waals surface area contributed by atoms with E-state index in [0.717, 1.165) is 0 Å². The van der Waals surface area contributed by atoms with E-state index in [1.807, 2.05) is 6.92 Å². The van der Waals surface area contributed by atoms with Gasteiger partial charge in [-0.1, -0.05) is 6.07 Å². The molecule has 0 aliphatic carbocycles. The Morgan fingerprint density at radius 3 is 2.61 bits per heavy atom. The number of pyridine rings is 1. The first-order valence-corrected chi connectivity index (χ1v) is 8.66. The molecule has 7 nitrogen and oxygen atoms in total. The van der Waals surface area contributed by atoms with Crippen LogP contribution in [0.25, 0.3) is 6.08 Å². The molecule has 0 unspecified atom stereocenters. The maximum atomic E-state index is 12.8. The van der Waals surface area contributed by atoms with Crippen molar-refractivity contribution in [2.45, 2.75) is 6.92 Å². The van der Waals surface area contributed by atoms with E-state index in [4.69, 9.17) is 9.15 Å². The first kappa shape index (κ1) is 18.9. The number of hydrogen-bond donors (Lipinski definition) is 2. The largest absolute Gasteiger partial charge is 0.494 e. The van der Waals surface area contributed by atoms with Crippen molar-refractivity contribution < 1.29 is 18.7 Å². The van der Waals surface area contributed by atoms with Gasteiger partial charge in [-0.15, -0.1) is 0 Å². The molecule has 3 rings (SSSR count). The van der Waals surface area contributed by atoms with Gasteiger partial charge in [0.2, 0.25) is 0 Å². The maximum absolute atomic E-state index is 12.8. The molecule has 2 N–H and O–H groups in total.